The highest BCUT2D eigenvalue weighted by atomic mass is 127. The topological polar surface area (TPSA) is 26.0 Å². The highest BCUT2D eigenvalue weighted by Crippen LogP contribution is 2.11. The van der Waals surface area contributed by atoms with Gasteiger partial charge in [-0.1, -0.05) is 6.92 Å². The molecule has 2 nitrogen and oxygen atoms in total. The average molecular weight is 237 g/mol. The quantitative estimate of drug-likeness (QED) is 0.699. The van der Waals surface area contributed by atoms with Crippen molar-refractivity contribution in [3.05, 3.63) is 15.4 Å². The molecule has 0 fully saturated rings. The van der Waals surface area contributed by atoms with Gasteiger partial charge in [0.1, 0.15) is 5.76 Å². The van der Waals surface area contributed by atoms with Crippen molar-refractivity contribution in [1.29, 1.82) is 0 Å². The Morgan fingerprint density at radius 3 is 2.56 bits per heavy atom. The van der Waals surface area contributed by atoms with Crippen LogP contribution in [0.1, 0.15) is 18.4 Å². The number of hydrogen-bond donors (Lipinski definition) is 0. The van der Waals surface area contributed by atoms with Crippen molar-refractivity contribution in [2.45, 2.75) is 20.3 Å². The second-order valence-corrected chi connectivity index (χ2v) is 2.75. The predicted molar refractivity (Wildman–Crippen MR) is 43.3 cm³/mol. The Bertz CT molecular complexity index is 207. The fourth-order valence-corrected chi connectivity index (χ4v) is 1.34. The summed E-state index contributed by atoms with van der Waals surface area (Å²) in [5.74, 6) is 0.946. The molecule has 1 aromatic rings. The van der Waals surface area contributed by atoms with Crippen LogP contribution in [0.4, 0.5) is 0 Å². The summed E-state index contributed by atoms with van der Waals surface area (Å²) in [4.78, 5) is 4.15. The van der Waals surface area contributed by atoms with Crippen LogP contribution in [0.25, 0.3) is 0 Å². The Hall–Kier alpha value is -0.0600. The number of rotatable bonds is 1. The maximum absolute atomic E-state index is 5.18. The zero-order valence-corrected chi connectivity index (χ0v) is 7.60. The van der Waals surface area contributed by atoms with Crippen molar-refractivity contribution in [2.24, 2.45) is 0 Å². The fraction of sp³-hybridized carbons (Fsp3) is 0.500. The molecule has 0 radical (unpaired) electrons. The smallest absolute Gasteiger partial charge is 0.257 e. The minimum atomic E-state index is 0.738. The molecule has 0 spiro atoms. The molecule has 1 aromatic heterocycles. The molecule has 0 aliphatic carbocycles. The Labute approximate surface area is 67.8 Å². The molecule has 0 unspecified atom stereocenters. The highest BCUT2D eigenvalue weighted by Gasteiger charge is 2.02. The first-order valence-electron chi connectivity index (χ1n) is 2.86. The van der Waals surface area contributed by atoms with E-state index in [1.807, 2.05) is 6.92 Å². The monoisotopic (exact) mass is 237 g/mol. The van der Waals surface area contributed by atoms with Gasteiger partial charge in [-0.2, -0.15) is 0 Å². The van der Waals surface area contributed by atoms with Crippen molar-refractivity contribution in [2.75, 3.05) is 0 Å². The van der Waals surface area contributed by atoms with Crippen molar-refractivity contribution in [1.82, 2.24) is 4.98 Å². The van der Waals surface area contributed by atoms with Gasteiger partial charge in [-0.05, 0) is 13.3 Å². The van der Waals surface area contributed by atoms with E-state index in [-0.39, 0.29) is 0 Å². The van der Waals surface area contributed by atoms with Gasteiger partial charge in [-0.25, -0.2) is 4.98 Å². The van der Waals surface area contributed by atoms with E-state index >= 15 is 0 Å². The summed E-state index contributed by atoms with van der Waals surface area (Å²) in [6.07, 6.45) is 0.957. The molecule has 0 N–H and O–H groups in total. The normalized spacial score (nSPS) is 10.1. The van der Waals surface area contributed by atoms with Gasteiger partial charge in [0.25, 0.3) is 3.90 Å². The standard InChI is InChI=1S/C6H8INO/c1-3-5-4(2)9-6(7)8-5/h3H2,1-2H3. The van der Waals surface area contributed by atoms with E-state index in [2.05, 4.69) is 34.5 Å². The van der Waals surface area contributed by atoms with E-state index in [1.165, 1.54) is 0 Å². The summed E-state index contributed by atoms with van der Waals surface area (Å²) in [6, 6.07) is 0. The Kier molecular flexibility index (Phi) is 2.10. The molecule has 0 saturated heterocycles. The molecule has 0 amide bonds. The molecule has 50 valence electrons. The zero-order chi connectivity index (χ0) is 6.85. The summed E-state index contributed by atoms with van der Waals surface area (Å²) in [5, 5.41) is 0. The van der Waals surface area contributed by atoms with Crippen molar-refractivity contribution in [3.63, 3.8) is 0 Å². The van der Waals surface area contributed by atoms with Gasteiger partial charge in [0.2, 0.25) is 0 Å². The van der Waals surface area contributed by atoms with Gasteiger partial charge in [0.15, 0.2) is 0 Å². The Morgan fingerprint density at radius 2 is 2.33 bits per heavy atom. The molecule has 1 rings (SSSR count). The molecule has 0 atom stereocenters. The van der Waals surface area contributed by atoms with Crippen molar-refractivity contribution < 1.29 is 4.42 Å². The Balaban J connectivity index is 3.01. The first-order valence-corrected chi connectivity index (χ1v) is 3.93. The van der Waals surface area contributed by atoms with Crippen molar-refractivity contribution in [3.8, 4) is 0 Å². The minimum Gasteiger partial charge on any atom is -0.437 e. The second kappa shape index (κ2) is 2.68. The van der Waals surface area contributed by atoms with E-state index in [4.69, 9.17) is 4.42 Å². The minimum absolute atomic E-state index is 0.738. The molecule has 0 bridgehead atoms. The molecule has 9 heavy (non-hydrogen) atoms. The molecule has 0 aromatic carbocycles. The predicted octanol–water partition coefficient (Wildman–Crippen LogP) is 2.15. The SMILES string of the molecule is CCc1nc(I)oc1C. The average Bonchev–Trinajstić information content (AvgIpc) is 2.10. The van der Waals surface area contributed by atoms with Gasteiger partial charge < -0.3 is 4.42 Å². The molecule has 0 aliphatic rings. The number of nitrogens with zero attached hydrogens (tertiary/aromatic N) is 1. The van der Waals surface area contributed by atoms with Gasteiger partial charge in [-0.3, -0.25) is 0 Å². The summed E-state index contributed by atoms with van der Waals surface area (Å²) in [6.45, 7) is 4.01. The van der Waals surface area contributed by atoms with Crippen LogP contribution >= 0.6 is 22.6 Å². The molecule has 1 heterocycles. The molecular weight excluding hydrogens is 229 g/mol. The maximum Gasteiger partial charge on any atom is 0.257 e. The van der Waals surface area contributed by atoms with Crippen LogP contribution in [-0.2, 0) is 6.42 Å². The summed E-state index contributed by atoms with van der Waals surface area (Å²) in [5.41, 5.74) is 1.07. The van der Waals surface area contributed by atoms with E-state index < -0.39 is 0 Å². The van der Waals surface area contributed by atoms with Gasteiger partial charge in [0.05, 0.1) is 5.69 Å². The van der Waals surface area contributed by atoms with Crippen LogP contribution in [0, 0.1) is 10.8 Å². The summed E-state index contributed by atoms with van der Waals surface area (Å²) in [7, 11) is 0. The number of aromatic nitrogens is 1. The van der Waals surface area contributed by atoms with E-state index in [0.717, 1.165) is 21.8 Å². The lowest BCUT2D eigenvalue weighted by Crippen LogP contribution is -1.81. The van der Waals surface area contributed by atoms with Crippen LogP contribution < -0.4 is 0 Å². The lowest BCUT2D eigenvalue weighted by atomic mass is 10.3. The van der Waals surface area contributed by atoms with Crippen LogP contribution in [0.15, 0.2) is 4.42 Å². The fourth-order valence-electron chi connectivity index (χ4n) is 0.721. The zero-order valence-electron chi connectivity index (χ0n) is 5.44. The van der Waals surface area contributed by atoms with Gasteiger partial charge in [-0.15, -0.1) is 0 Å². The van der Waals surface area contributed by atoms with Crippen LogP contribution in [0.5, 0.6) is 0 Å². The van der Waals surface area contributed by atoms with E-state index in [9.17, 15) is 0 Å². The molecule has 3 heteroatoms. The number of hydrogen-bond acceptors (Lipinski definition) is 2. The molecule has 0 aliphatic heterocycles. The first-order chi connectivity index (χ1) is 4.24. The highest BCUT2D eigenvalue weighted by molar-refractivity contribution is 14.1. The van der Waals surface area contributed by atoms with E-state index in [0.29, 0.717) is 0 Å². The third kappa shape index (κ3) is 1.44. The summed E-state index contributed by atoms with van der Waals surface area (Å²) >= 11 is 2.07. The third-order valence-corrected chi connectivity index (χ3v) is 1.66. The maximum atomic E-state index is 5.18. The number of aryl methyl sites for hydroxylation is 2. The number of halogens is 1. The Morgan fingerprint density at radius 1 is 1.67 bits per heavy atom. The van der Waals surface area contributed by atoms with Crippen LogP contribution in [0.2, 0.25) is 0 Å². The van der Waals surface area contributed by atoms with E-state index in [1.54, 1.807) is 0 Å². The third-order valence-electron chi connectivity index (χ3n) is 1.20. The first kappa shape index (κ1) is 7.05. The van der Waals surface area contributed by atoms with Crippen LogP contribution in [-0.4, -0.2) is 4.98 Å². The van der Waals surface area contributed by atoms with Gasteiger partial charge in [0, 0.05) is 22.6 Å². The van der Waals surface area contributed by atoms with Crippen LogP contribution in [0.3, 0.4) is 0 Å². The lowest BCUT2D eigenvalue weighted by molar-refractivity contribution is 0.495. The molecular formula is C6H8INO. The number of oxazole rings is 1. The van der Waals surface area contributed by atoms with Crippen molar-refractivity contribution >= 4 is 22.6 Å². The van der Waals surface area contributed by atoms with Gasteiger partial charge >= 0.3 is 0 Å². The summed E-state index contributed by atoms with van der Waals surface area (Å²) < 4.78 is 5.92. The largest absolute Gasteiger partial charge is 0.437 e. The molecule has 0 saturated carbocycles. The lowest BCUT2D eigenvalue weighted by Gasteiger charge is -1.83. The second-order valence-electron chi connectivity index (χ2n) is 1.82.